The van der Waals surface area contributed by atoms with Crippen LogP contribution in [0.1, 0.15) is 24.8 Å². The van der Waals surface area contributed by atoms with Crippen molar-refractivity contribution in [2.24, 2.45) is 5.92 Å². The molecule has 1 atom stereocenters. The number of likely N-dealkylation sites (tertiary alicyclic amines) is 1. The van der Waals surface area contributed by atoms with Gasteiger partial charge in [-0.25, -0.2) is 4.79 Å². The highest BCUT2D eigenvalue weighted by molar-refractivity contribution is 5.90. The largest absolute Gasteiger partial charge is 0.339 e. The van der Waals surface area contributed by atoms with Crippen molar-refractivity contribution in [3.8, 4) is 11.1 Å². The fourth-order valence-corrected chi connectivity index (χ4v) is 3.76. The van der Waals surface area contributed by atoms with E-state index in [2.05, 4.69) is 29.7 Å². The van der Waals surface area contributed by atoms with E-state index in [1.165, 1.54) is 5.56 Å². The summed E-state index contributed by atoms with van der Waals surface area (Å²) in [5.41, 5.74) is 4.19. The molecular formula is C22H25N3O2. The monoisotopic (exact) mass is 363 g/mol. The minimum absolute atomic E-state index is 0.210. The molecule has 0 spiro atoms. The summed E-state index contributed by atoms with van der Waals surface area (Å²) in [6, 6.07) is 16.3. The number of nitrogens with one attached hydrogen (secondary N) is 2. The Hall–Kier alpha value is -2.82. The van der Waals surface area contributed by atoms with E-state index in [0.29, 0.717) is 19.0 Å². The first-order valence-electron chi connectivity index (χ1n) is 9.60. The molecule has 4 rings (SSSR count). The topological polar surface area (TPSA) is 61.4 Å². The molecule has 27 heavy (non-hydrogen) atoms. The van der Waals surface area contributed by atoms with Crippen LogP contribution in [0.15, 0.2) is 48.5 Å². The van der Waals surface area contributed by atoms with E-state index in [0.717, 1.165) is 36.2 Å². The third kappa shape index (κ3) is 4.13. The van der Waals surface area contributed by atoms with Gasteiger partial charge in [-0.1, -0.05) is 36.4 Å². The number of rotatable bonds is 5. The molecule has 2 N–H and O–H groups in total. The van der Waals surface area contributed by atoms with Crippen molar-refractivity contribution in [3.05, 3.63) is 54.1 Å². The summed E-state index contributed by atoms with van der Waals surface area (Å²) in [5.74, 6) is 0.442. The van der Waals surface area contributed by atoms with Crippen LogP contribution in [0.3, 0.4) is 0 Å². The standard InChI is InChI=1S/C22H25N3O2/c1-15-5-2-3-8-20(15)17-6-4-7-18(12-17)24-22(27)23-13-16-11-21(26)25(14-16)19-9-10-19/h2-8,12,16,19H,9-11,13-14H2,1H3,(H2,23,24,27). The Morgan fingerprint density at radius 1 is 1.15 bits per heavy atom. The van der Waals surface area contributed by atoms with Gasteiger partial charge in [0.25, 0.3) is 0 Å². The van der Waals surface area contributed by atoms with Gasteiger partial charge in [0.1, 0.15) is 0 Å². The van der Waals surface area contributed by atoms with Gasteiger partial charge in [0.15, 0.2) is 0 Å². The van der Waals surface area contributed by atoms with E-state index in [4.69, 9.17) is 0 Å². The van der Waals surface area contributed by atoms with E-state index >= 15 is 0 Å². The second-order valence-electron chi connectivity index (χ2n) is 7.58. The molecule has 2 aromatic carbocycles. The fraction of sp³-hybridized carbons (Fsp3) is 0.364. The van der Waals surface area contributed by atoms with Crippen molar-refractivity contribution in [1.29, 1.82) is 0 Å². The van der Waals surface area contributed by atoms with Gasteiger partial charge in [0, 0.05) is 37.2 Å². The highest BCUT2D eigenvalue weighted by atomic mass is 16.2. The average molecular weight is 363 g/mol. The third-order valence-corrected chi connectivity index (χ3v) is 5.35. The van der Waals surface area contributed by atoms with E-state index in [1.54, 1.807) is 0 Å². The van der Waals surface area contributed by atoms with Crippen LogP contribution in [0.4, 0.5) is 10.5 Å². The summed E-state index contributed by atoms with van der Waals surface area (Å²) < 4.78 is 0. The molecular weight excluding hydrogens is 338 g/mol. The predicted octanol–water partition coefficient (Wildman–Crippen LogP) is 3.79. The van der Waals surface area contributed by atoms with Crippen LogP contribution in [0, 0.1) is 12.8 Å². The summed E-state index contributed by atoms with van der Waals surface area (Å²) in [5, 5.41) is 5.82. The molecule has 3 amide bonds. The number of carbonyl (C=O) groups excluding carboxylic acids is 2. The molecule has 0 aromatic heterocycles. The number of nitrogens with zero attached hydrogens (tertiary/aromatic N) is 1. The van der Waals surface area contributed by atoms with Crippen molar-refractivity contribution in [3.63, 3.8) is 0 Å². The Morgan fingerprint density at radius 3 is 2.74 bits per heavy atom. The highest BCUT2D eigenvalue weighted by Crippen LogP contribution is 2.32. The van der Waals surface area contributed by atoms with Gasteiger partial charge in [0.05, 0.1) is 0 Å². The number of benzene rings is 2. The quantitative estimate of drug-likeness (QED) is 0.849. The van der Waals surface area contributed by atoms with Crippen molar-refractivity contribution < 1.29 is 9.59 Å². The van der Waals surface area contributed by atoms with Gasteiger partial charge in [-0.2, -0.15) is 0 Å². The second-order valence-corrected chi connectivity index (χ2v) is 7.58. The van der Waals surface area contributed by atoms with E-state index in [1.807, 2.05) is 41.3 Å². The molecule has 2 aliphatic rings. The minimum atomic E-state index is -0.228. The van der Waals surface area contributed by atoms with E-state index < -0.39 is 0 Å². The molecule has 1 unspecified atom stereocenters. The number of hydrogen-bond acceptors (Lipinski definition) is 2. The maximum atomic E-state index is 12.3. The number of carbonyl (C=O) groups is 2. The Balaban J connectivity index is 1.33. The molecule has 140 valence electrons. The third-order valence-electron chi connectivity index (χ3n) is 5.35. The first kappa shape index (κ1) is 17.6. The number of urea groups is 1. The lowest BCUT2D eigenvalue weighted by molar-refractivity contribution is -0.128. The smallest absolute Gasteiger partial charge is 0.319 e. The number of amides is 3. The van der Waals surface area contributed by atoms with Gasteiger partial charge < -0.3 is 15.5 Å². The fourth-order valence-electron chi connectivity index (χ4n) is 3.76. The molecule has 2 aromatic rings. The van der Waals surface area contributed by atoms with Crippen LogP contribution in [0.25, 0.3) is 11.1 Å². The van der Waals surface area contributed by atoms with Crippen LogP contribution in [-0.2, 0) is 4.79 Å². The lowest BCUT2D eigenvalue weighted by Gasteiger charge is -2.16. The van der Waals surface area contributed by atoms with Gasteiger partial charge in [-0.15, -0.1) is 0 Å². The Morgan fingerprint density at radius 2 is 1.96 bits per heavy atom. The number of aryl methyl sites for hydroxylation is 1. The molecule has 0 bridgehead atoms. The Labute approximate surface area is 159 Å². The van der Waals surface area contributed by atoms with Gasteiger partial charge in [-0.05, 0) is 48.6 Å². The molecule has 1 saturated heterocycles. The summed E-state index contributed by atoms with van der Waals surface area (Å²) in [7, 11) is 0. The zero-order valence-electron chi connectivity index (χ0n) is 15.6. The van der Waals surface area contributed by atoms with Gasteiger partial charge >= 0.3 is 6.03 Å². The molecule has 1 aliphatic heterocycles. The highest BCUT2D eigenvalue weighted by Gasteiger charge is 2.39. The lowest BCUT2D eigenvalue weighted by Crippen LogP contribution is -2.34. The first-order chi connectivity index (χ1) is 13.1. The predicted molar refractivity (Wildman–Crippen MR) is 106 cm³/mol. The van der Waals surface area contributed by atoms with Crippen LogP contribution in [0.2, 0.25) is 0 Å². The zero-order valence-corrected chi connectivity index (χ0v) is 15.6. The van der Waals surface area contributed by atoms with Crippen LogP contribution < -0.4 is 10.6 Å². The lowest BCUT2D eigenvalue weighted by atomic mass is 10.0. The molecule has 1 aliphatic carbocycles. The van der Waals surface area contributed by atoms with Crippen molar-refractivity contribution >= 4 is 17.6 Å². The average Bonchev–Trinajstić information content (AvgIpc) is 3.43. The van der Waals surface area contributed by atoms with Crippen molar-refractivity contribution in [2.75, 3.05) is 18.4 Å². The normalized spacial score (nSPS) is 19.2. The van der Waals surface area contributed by atoms with E-state index in [-0.39, 0.29) is 17.9 Å². The van der Waals surface area contributed by atoms with E-state index in [9.17, 15) is 9.59 Å². The number of hydrogen-bond donors (Lipinski definition) is 2. The van der Waals surface area contributed by atoms with Crippen LogP contribution in [-0.4, -0.2) is 36.0 Å². The van der Waals surface area contributed by atoms with Gasteiger partial charge in [0.2, 0.25) is 5.91 Å². The van der Waals surface area contributed by atoms with Crippen molar-refractivity contribution in [1.82, 2.24) is 10.2 Å². The Kier molecular flexibility index (Phi) is 4.84. The maximum Gasteiger partial charge on any atom is 0.319 e. The molecule has 1 heterocycles. The summed E-state index contributed by atoms with van der Waals surface area (Å²) >= 11 is 0. The molecule has 5 heteroatoms. The SMILES string of the molecule is Cc1ccccc1-c1cccc(NC(=O)NCC2CC(=O)N(C3CC3)C2)c1. The van der Waals surface area contributed by atoms with Crippen molar-refractivity contribution in [2.45, 2.75) is 32.2 Å². The molecule has 0 radical (unpaired) electrons. The zero-order chi connectivity index (χ0) is 18.8. The molecule has 1 saturated carbocycles. The van der Waals surface area contributed by atoms with Crippen LogP contribution in [0.5, 0.6) is 0 Å². The maximum absolute atomic E-state index is 12.3. The number of anilines is 1. The minimum Gasteiger partial charge on any atom is -0.339 e. The van der Waals surface area contributed by atoms with Crippen LogP contribution >= 0.6 is 0 Å². The Bertz CT molecular complexity index is 860. The summed E-state index contributed by atoms with van der Waals surface area (Å²) in [6.45, 7) is 3.38. The second kappa shape index (κ2) is 7.43. The molecule has 5 nitrogen and oxygen atoms in total. The first-order valence-corrected chi connectivity index (χ1v) is 9.60. The summed E-state index contributed by atoms with van der Waals surface area (Å²) in [6.07, 6.45) is 2.80. The summed E-state index contributed by atoms with van der Waals surface area (Å²) in [4.78, 5) is 26.3. The van der Waals surface area contributed by atoms with Gasteiger partial charge in [-0.3, -0.25) is 4.79 Å². The molecule has 2 fully saturated rings.